The van der Waals surface area contributed by atoms with Gasteiger partial charge in [0, 0.05) is 19.8 Å². The van der Waals surface area contributed by atoms with Crippen molar-refractivity contribution in [2.45, 2.75) is 18.9 Å². The van der Waals surface area contributed by atoms with Gasteiger partial charge in [-0.15, -0.1) is 0 Å². The standard InChI is InChI=1S/C9H15N3O4S/c1-6(9(13)14)4-10-17(15,16)8-5-12(3)7(2)11-8/h5-6,10H,4H2,1-3H3,(H,13,14). The van der Waals surface area contributed by atoms with Crippen molar-refractivity contribution in [3.63, 3.8) is 0 Å². The average Bonchev–Trinajstić information content (AvgIpc) is 2.56. The summed E-state index contributed by atoms with van der Waals surface area (Å²) in [4.78, 5) is 14.4. The third-order valence-electron chi connectivity index (χ3n) is 2.36. The Hall–Kier alpha value is -1.41. The molecule has 8 heteroatoms. The van der Waals surface area contributed by atoms with Crippen LogP contribution in [0.2, 0.25) is 0 Å². The van der Waals surface area contributed by atoms with E-state index in [0.717, 1.165) is 0 Å². The first-order valence-electron chi connectivity index (χ1n) is 4.96. The van der Waals surface area contributed by atoms with Crippen molar-refractivity contribution in [2.75, 3.05) is 6.54 Å². The fourth-order valence-corrected chi connectivity index (χ4v) is 2.22. The Morgan fingerprint density at radius 2 is 2.24 bits per heavy atom. The number of rotatable bonds is 5. The molecule has 0 fully saturated rings. The summed E-state index contributed by atoms with van der Waals surface area (Å²) in [5.74, 6) is -1.27. The van der Waals surface area contributed by atoms with Crippen molar-refractivity contribution < 1.29 is 18.3 Å². The number of nitrogens with zero attached hydrogens (tertiary/aromatic N) is 2. The Kier molecular flexibility index (Phi) is 3.89. The van der Waals surface area contributed by atoms with Crippen LogP contribution in [0.5, 0.6) is 0 Å². The number of sulfonamides is 1. The highest BCUT2D eigenvalue weighted by molar-refractivity contribution is 7.89. The van der Waals surface area contributed by atoms with Crippen LogP contribution in [-0.2, 0) is 21.9 Å². The number of carboxylic acid groups (broad SMARTS) is 1. The van der Waals surface area contributed by atoms with Crippen LogP contribution in [0.1, 0.15) is 12.7 Å². The number of aromatic nitrogens is 2. The molecule has 2 N–H and O–H groups in total. The molecule has 0 aliphatic carbocycles. The maximum atomic E-state index is 11.7. The van der Waals surface area contributed by atoms with Crippen molar-refractivity contribution in [2.24, 2.45) is 13.0 Å². The molecule has 1 atom stereocenters. The quantitative estimate of drug-likeness (QED) is 0.759. The van der Waals surface area contributed by atoms with Crippen LogP contribution in [0, 0.1) is 12.8 Å². The van der Waals surface area contributed by atoms with Gasteiger partial charge in [0.2, 0.25) is 0 Å². The van der Waals surface area contributed by atoms with Gasteiger partial charge in [-0.25, -0.2) is 18.1 Å². The average molecular weight is 261 g/mol. The second kappa shape index (κ2) is 4.84. The summed E-state index contributed by atoms with van der Waals surface area (Å²) in [6.07, 6.45) is 1.38. The Labute approximate surface area is 99.5 Å². The largest absolute Gasteiger partial charge is 0.481 e. The Morgan fingerprint density at radius 3 is 2.65 bits per heavy atom. The van der Waals surface area contributed by atoms with Crippen molar-refractivity contribution in [1.82, 2.24) is 14.3 Å². The summed E-state index contributed by atoms with van der Waals surface area (Å²) < 4.78 is 27.3. The molecule has 0 spiro atoms. The van der Waals surface area contributed by atoms with Crippen LogP contribution >= 0.6 is 0 Å². The number of aliphatic carboxylic acids is 1. The fraction of sp³-hybridized carbons (Fsp3) is 0.556. The van der Waals surface area contributed by atoms with Crippen LogP contribution in [0.15, 0.2) is 11.2 Å². The highest BCUT2D eigenvalue weighted by Gasteiger charge is 2.20. The van der Waals surface area contributed by atoms with Gasteiger partial charge in [0.25, 0.3) is 10.0 Å². The first-order valence-corrected chi connectivity index (χ1v) is 6.45. The molecular formula is C9H15N3O4S. The van der Waals surface area contributed by atoms with Gasteiger partial charge in [-0.2, -0.15) is 0 Å². The summed E-state index contributed by atoms with van der Waals surface area (Å²) in [5, 5.41) is 8.54. The van der Waals surface area contributed by atoms with Crippen LogP contribution < -0.4 is 4.72 Å². The van der Waals surface area contributed by atoms with Gasteiger partial charge in [0.05, 0.1) is 5.92 Å². The number of carbonyl (C=O) groups is 1. The monoisotopic (exact) mass is 261 g/mol. The molecule has 1 rings (SSSR count). The van der Waals surface area contributed by atoms with Crippen molar-refractivity contribution in [3.8, 4) is 0 Å². The maximum Gasteiger partial charge on any atom is 0.307 e. The summed E-state index contributed by atoms with van der Waals surface area (Å²) in [6, 6.07) is 0. The smallest absolute Gasteiger partial charge is 0.307 e. The molecule has 17 heavy (non-hydrogen) atoms. The van der Waals surface area contributed by atoms with E-state index in [0.29, 0.717) is 5.82 Å². The molecule has 1 aromatic rings. The third-order valence-corrected chi connectivity index (χ3v) is 3.66. The molecule has 1 heterocycles. The number of hydrogen-bond acceptors (Lipinski definition) is 4. The highest BCUT2D eigenvalue weighted by atomic mass is 32.2. The minimum absolute atomic E-state index is 0.102. The lowest BCUT2D eigenvalue weighted by molar-refractivity contribution is -0.140. The number of imidazole rings is 1. The molecule has 7 nitrogen and oxygen atoms in total. The minimum atomic E-state index is -3.74. The van der Waals surface area contributed by atoms with Gasteiger partial charge in [0.15, 0.2) is 5.03 Å². The van der Waals surface area contributed by atoms with Gasteiger partial charge in [-0.05, 0) is 6.92 Å². The zero-order valence-corrected chi connectivity index (χ0v) is 10.7. The molecule has 0 amide bonds. The van der Waals surface area contributed by atoms with Gasteiger partial charge in [-0.1, -0.05) is 6.92 Å². The first-order chi connectivity index (χ1) is 7.74. The molecule has 1 unspecified atom stereocenters. The predicted molar refractivity (Wildman–Crippen MR) is 59.9 cm³/mol. The van der Waals surface area contributed by atoms with E-state index in [2.05, 4.69) is 9.71 Å². The molecule has 0 saturated heterocycles. The van der Waals surface area contributed by atoms with Crippen LogP contribution in [0.25, 0.3) is 0 Å². The first kappa shape index (κ1) is 13.7. The number of aryl methyl sites for hydroxylation is 2. The molecule has 1 aromatic heterocycles. The van der Waals surface area contributed by atoms with E-state index in [9.17, 15) is 13.2 Å². The molecule has 0 saturated carbocycles. The summed E-state index contributed by atoms with van der Waals surface area (Å²) in [6.45, 7) is 2.95. The molecule has 0 aromatic carbocycles. The summed E-state index contributed by atoms with van der Waals surface area (Å²) in [5.41, 5.74) is 0. The van der Waals surface area contributed by atoms with Crippen LogP contribution in [0.3, 0.4) is 0 Å². The van der Waals surface area contributed by atoms with E-state index in [-0.39, 0.29) is 11.6 Å². The Balaban J connectivity index is 2.79. The van der Waals surface area contributed by atoms with Gasteiger partial charge in [0.1, 0.15) is 5.82 Å². The third kappa shape index (κ3) is 3.27. The molecule has 0 bridgehead atoms. The van der Waals surface area contributed by atoms with Crippen LogP contribution in [0.4, 0.5) is 0 Å². The van der Waals surface area contributed by atoms with Crippen LogP contribution in [-0.4, -0.2) is 35.6 Å². The predicted octanol–water partition coefficient (Wildman–Crippen LogP) is -0.272. The second-order valence-corrected chi connectivity index (χ2v) is 5.54. The minimum Gasteiger partial charge on any atom is -0.481 e. The lowest BCUT2D eigenvalue weighted by atomic mass is 10.2. The van der Waals surface area contributed by atoms with Gasteiger partial charge >= 0.3 is 5.97 Å². The normalized spacial score (nSPS) is 13.6. The van der Waals surface area contributed by atoms with E-state index in [1.165, 1.54) is 13.1 Å². The molecule has 96 valence electrons. The zero-order chi connectivity index (χ0) is 13.2. The van der Waals surface area contributed by atoms with E-state index in [1.54, 1.807) is 18.5 Å². The Bertz CT molecular complexity index is 501. The Morgan fingerprint density at radius 1 is 1.65 bits per heavy atom. The summed E-state index contributed by atoms with van der Waals surface area (Å²) in [7, 11) is -2.05. The molecule has 0 aliphatic rings. The van der Waals surface area contributed by atoms with E-state index >= 15 is 0 Å². The zero-order valence-electron chi connectivity index (χ0n) is 9.84. The lowest BCUT2D eigenvalue weighted by Gasteiger charge is -2.07. The number of hydrogen-bond donors (Lipinski definition) is 2. The fourth-order valence-electron chi connectivity index (χ4n) is 1.05. The number of carboxylic acids is 1. The van der Waals surface area contributed by atoms with Gasteiger partial charge in [-0.3, -0.25) is 4.79 Å². The molecule has 0 radical (unpaired) electrons. The maximum absolute atomic E-state index is 11.7. The highest BCUT2D eigenvalue weighted by Crippen LogP contribution is 2.07. The van der Waals surface area contributed by atoms with E-state index < -0.39 is 21.9 Å². The number of nitrogens with one attached hydrogen (secondary N) is 1. The van der Waals surface area contributed by atoms with Gasteiger partial charge < -0.3 is 9.67 Å². The molecular weight excluding hydrogens is 246 g/mol. The van der Waals surface area contributed by atoms with E-state index in [1.807, 2.05) is 0 Å². The van der Waals surface area contributed by atoms with Crippen molar-refractivity contribution in [3.05, 3.63) is 12.0 Å². The molecule has 0 aliphatic heterocycles. The van der Waals surface area contributed by atoms with E-state index in [4.69, 9.17) is 5.11 Å². The second-order valence-electron chi connectivity index (χ2n) is 3.83. The van der Waals surface area contributed by atoms with Crippen molar-refractivity contribution >= 4 is 16.0 Å². The topological polar surface area (TPSA) is 101 Å². The lowest BCUT2D eigenvalue weighted by Crippen LogP contribution is -2.31. The summed E-state index contributed by atoms with van der Waals surface area (Å²) >= 11 is 0. The van der Waals surface area contributed by atoms with Crippen molar-refractivity contribution in [1.29, 1.82) is 0 Å². The SMILES string of the molecule is Cc1nc(S(=O)(=O)NCC(C)C(=O)O)cn1C.